The number of sulfonamides is 1. The van der Waals surface area contributed by atoms with Gasteiger partial charge in [0, 0.05) is 42.0 Å². The highest BCUT2D eigenvalue weighted by Crippen LogP contribution is 2.42. The molecule has 0 radical (unpaired) electrons. The molecule has 1 aliphatic carbocycles. The molecule has 7 rings (SSSR count). The third-order valence-electron chi connectivity index (χ3n) is 8.19. The van der Waals surface area contributed by atoms with E-state index in [9.17, 15) is 8.42 Å². The summed E-state index contributed by atoms with van der Waals surface area (Å²) >= 11 is 0. The molecule has 40 heavy (non-hydrogen) atoms. The number of ether oxygens (including phenoxy) is 1. The first-order chi connectivity index (χ1) is 19.3. The summed E-state index contributed by atoms with van der Waals surface area (Å²) in [5.41, 5.74) is 4.28. The molecule has 0 bridgehead atoms. The van der Waals surface area contributed by atoms with Gasteiger partial charge in [-0.2, -0.15) is 5.10 Å². The van der Waals surface area contributed by atoms with E-state index in [0.29, 0.717) is 11.0 Å². The minimum Gasteiger partial charge on any atom is -0.486 e. The standard InChI is InChI=1S/C31H31N5O3S/c1-21-12-15-35(18-21)20-31(13-14-31)39-24-8-6-22(7-9-24)23-16-33-30-28(17-34-36(30)19-23)26-10-11-29(40(32,37)38)27-5-3-2-4-25(26)27/h2-11,16-17,19,21H,12-15,18,20H2,1H3,(H2,32,37,38). The highest BCUT2D eigenvalue weighted by molar-refractivity contribution is 7.89. The van der Waals surface area contributed by atoms with Crippen LogP contribution in [0.2, 0.25) is 0 Å². The summed E-state index contributed by atoms with van der Waals surface area (Å²) in [5.74, 6) is 1.68. The van der Waals surface area contributed by atoms with E-state index in [-0.39, 0.29) is 10.5 Å². The van der Waals surface area contributed by atoms with E-state index in [1.807, 2.05) is 36.7 Å². The van der Waals surface area contributed by atoms with Crippen LogP contribution in [0.1, 0.15) is 26.2 Å². The molecule has 2 aliphatic rings. The Bertz CT molecular complexity index is 1840. The Morgan fingerprint density at radius 3 is 2.45 bits per heavy atom. The lowest BCUT2D eigenvalue weighted by Gasteiger charge is -2.24. The summed E-state index contributed by atoms with van der Waals surface area (Å²) in [7, 11) is -3.86. The van der Waals surface area contributed by atoms with Crippen molar-refractivity contribution in [1.29, 1.82) is 0 Å². The second kappa shape index (κ2) is 9.40. The van der Waals surface area contributed by atoms with Gasteiger partial charge in [0.25, 0.3) is 0 Å². The minimum atomic E-state index is -3.86. The average Bonchev–Trinajstić information content (AvgIpc) is 3.35. The van der Waals surface area contributed by atoms with Gasteiger partial charge in [0.2, 0.25) is 10.0 Å². The molecule has 1 unspecified atom stereocenters. The number of primary sulfonamides is 1. The number of rotatable bonds is 7. The number of aromatic nitrogens is 3. The van der Waals surface area contributed by atoms with Crippen molar-refractivity contribution < 1.29 is 13.2 Å². The maximum Gasteiger partial charge on any atom is 0.238 e. The van der Waals surface area contributed by atoms with Crippen LogP contribution in [0.5, 0.6) is 5.75 Å². The molecule has 3 aromatic carbocycles. The van der Waals surface area contributed by atoms with Gasteiger partial charge in [-0.15, -0.1) is 0 Å². The Morgan fingerprint density at radius 1 is 0.975 bits per heavy atom. The first-order valence-corrected chi connectivity index (χ1v) is 15.2. The van der Waals surface area contributed by atoms with E-state index in [1.54, 1.807) is 35.0 Å². The van der Waals surface area contributed by atoms with E-state index in [0.717, 1.165) is 58.7 Å². The van der Waals surface area contributed by atoms with E-state index >= 15 is 0 Å². The Morgan fingerprint density at radius 2 is 1.75 bits per heavy atom. The van der Waals surface area contributed by atoms with Crippen LogP contribution < -0.4 is 9.88 Å². The van der Waals surface area contributed by atoms with Crippen molar-refractivity contribution in [2.45, 2.75) is 36.7 Å². The lowest BCUT2D eigenvalue weighted by atomic mass is 10.00. The number of fused-ring (bicyclic) bond motifs is 2. The van der Waals surface area contributed by atoms with Gasteiger partial charge in [0.05, 0.1) is 11.1 Å². The van der Waals surface area contributed by atoms with Gasteiger partial charge in [-0.05, 0) is 66.4 Å². The molecule has 1 atom stereocenters. The lowest BCUT2D eigenvalue weighted by Crippen LogP contribution is -2.35. The van der Waals surface area contributed by atoms with Crippen molar-refractivity contribution >= 4 is 26.4 Å². The van der Waals surface area contributed by atoms with Crippen LogP contribution in [0.25, 0.3) is 38.7 Å². The van der Waals surface area contributed by atoms with E-state index in [1.165, 1.54) is 19.5 Å². The normalized spacial score (nSPS) is 18.9. The van der Waals surface area contributed by atoms with Gasteiger partial charge in [0.1, 0.15) is 11.4 Å². The fourth-order valence-electron chi connectivity index (χ4n) is 5.94. The number of hydrogen-bond donors (Lipinski definition) is 1. The van der Waals surface area contributed by atoms with Crippen molar-refractivity contribution in [3.05, 3.63) is 79.3 Å². The number of nitrogens with two attached hydrogens (primary N) is 1. The van der Waals surface area contributed by atoms with Crippen LogP contribution in [-0.4, -0.2) is 53.2 Å². The molecular weight excluding hydrogens is 522 g/mol. The van der Waals surface area contributed by atoms with Crippen LogP contribution in [0.4, 0.5) is 0 Å². The molecule has 2 aromatic heterocycles. The van der Waals surface area contributed by atoms with E-state index in [2.05, 4.69) is 29.1 Å². The van der Waals surface area contributed by atoms with Gasteiger partial charge in [-0.3, -0.25) is 4.90 Å². The smallest absolute Gasteiger partial charge is 0.238 e. The predicted molar refractivity (Wildman–Crippen MR) is 156 cm³/mol. The Balaban J connectivity index is 1.15. The maximum absolute atomic E-state index is 12.1. The predicted octanol–water partition coefficient (Wildman–Crippen LogP) is 5.12. The zero-order valence-corrected chi connectivity index (χ0v) is 23.1. The second-order valence-electron chi connectivity index (χ2n) is 11.3. The molecule has 0 amide bonds. The van der Waals surface area contributed by atoms with E-state index < -0.39 is 10.0 Å². The highest BCUT2D eigenvalue weighted by atomic mass is 32.2. The third kappa shape index (κ3) is 4.64. The molecule has 5 aromatic rings. The van der Waals surface area contributed by atoms with Crippen LogP contribution in [0.15, 0.2) is 84.1 Å². The Hall–Kier alpha value is -3.79. The first kappa shape index (κ1) is 25.2. The quantitative estimate of drug-likeness (QED) is 0.300. The largest absolute Gasteiger partial charge is 0.486 e. The third-order valence-corrected chi connectivity index (χ3v) is 9.16. The molecule has 2 N–H and O–H groups in total. The van der Waals surface area contributed by atoms with Gasteiger partial charge >= 0.3 is 0 Å². The number of benzene rings is 3. The number of hydrogen-bond acceptors (Lipinski definition) is 6. The molecule has 3 heterocycles. The van der Waals surface area contributed by atoms with E-state index in [4.69, 9.17) is 14.9 Å². The summed E-state index contributed by atoms with van der Waals surface area (Å²) in [5, 5.41) is 11.4. The van der Waals surface area contributed by atoms with Crippen molar-refractivity contribution in [2.75, 3.05) is 19.6 Å². The monoisotopic (exact) mass is 553 g/mol. The molecule has 8 nitrogen and oxygen atoms in total. The molecule has 204 valence electrons. The molecule has 1 saturated heterocycles. The summed E-state index contributed by atoms with van der Waals surface area (Å²) < 4.78 is 32.5. The molecule has 0 spiro atoms. The van der Waals surface area contributed by atoms with Crippen LogP contribution >= 0.6 is 0 Å². The summed E-state index contributed by atoms with van der Waals surface area (Å²) in [6.45, 7) is 5.69. The molecule has 9 heteroatoms. The number of likely N-dealkylation sites (tertiary alicyclic amines) is 1. The van der Waals surface area contributed by atoms with Crippen molar-refractivity contribution in [3.63, 3.8) is 0 Å². The van der Waals surface area contributed by atoms with Crippen molar-refractivity contribution in [2.24, 2.45) is 11.1 Å². The zero-order valence-electron chi connectivity index (χ0n) is 22.3. The van der Waals surface area contributed by atoms with Crippen LogP contribution in [0.3, 0.4) is 0 Å². The van der Waals surface area contributed by atoms with Crippen molar-refractivity contribution in [3.8, 4) is 28.0 Å². The fourth-order valence-corrected chi connectivity index (χ4v) is 6.69. The maximum atomic E-state index is 12.1. The lowest BCUT2D eigenvalue weighted by molar-refractivity contribution is 0.124. The summed E-state index contributed by atoms with van der Waals surface area (Å²) in [6, 6.07) is 18.9. The summed E-state index contributed by atoms with van der Waals surface area (Å²) in [4.78, 5) is 7.39. The molecule has 1 aliphatic heterocycles. The topological polar surface area (TPSA) is 103 Å². The zero-order chi connectivity index (χ0) is 27.5. The number of nitrogens with zero attached hydrogens (tertiary/aromatic N) is 4. The van der Waals surface area contributed by atoms with Crippen molar-refractivity contribution in [1.82, 2.24) is 19.5 Å². The SMILES string of the molecule is CC1CCN(CC2(Oc3ccc(-c4cnc5c(-c6ccc(S(N)(=O)=O)c7ccccc67)cnn5c4)cc3)CC2)C1. The second-order valence-corrected chi connectivity index (χ2v) is 12.8. The van der Waals surface area contributed by atoms with Gasteiger partial charge < -0.3 is 4.74 Å². The Kier molecular flexibility index (Phi) is 5.92. The van der Waals surface area contributed by atoms with Gasteiger partial charge in [0.15, 0.2) is 5.65 Å². The highest BCUT2D eigenvalue weighted by Gasteiger charge is 2.47. The first-order valence-electron chi connectivity index (χ1n) is 13.7. The molecule has 2 fully saturated rings. The van der Waals surface area contributed by atoms with Crippen LogP contribution in [0, 0.1) is 5.92 Å². The van der Waals surface area contributed by atoms with Gasteiger partial charge in [-0.25, -0.2) is 23.1 Å². The summed E-state index contributed by atoms with van der Waals surface area (Å²) in [6.07, 6.45) is 9.07. The molecular formula is C31H31N5O3S. The average molecular weight is 554 g/mol. The molecule has 1 saturated carbocycles. The Labute approximate surface area is 233 Å². The van der Waals surface area contributed by atoms with Gasteiger partial charge in [-0.1, -0.05) is 49.4 Å². The minimum absolute atomic E-state index is 0.0335. The fraction of sp³-hybridized carbons (Fsp3) is 0.290. The van der Waals surface area contributed by atoms with Crippen LogP contribution in [-0.2, 0) is 10.0 Å².